The van der Waals surface area contributed by atoms with E-state index in [9.17, 15) is 0 Å². The van der Waals surface area contributed by atoms with Gasteiger partial charge >= 0.3 is 0 Å². The second kappa shape index (κ2) is 5.65. The van der Waals surface area contributed by atoms with Gasteiger partial charge in [0, 0.05) is 30.7 Å². The van der Waals surface area contributed by atoms with Gasteiger partial charge in [-0.25, -0.2) is 9.97 Å². The van der Waals surface area contributed by atoms with Crippen molar-refractivity contribution < 1.29 is 4.42 Å². The number of fused-ring (bicyclic) bond motifs is 1. The zero-order chi connectivity index (χ0) is 15.6. The van der Waals surface area contributed by atoms with Crippen LogP contribution in [0.1, 0.15) is 35.2 Å². The predicted molar refractivity (Wildman–Crippen MR) is 83.5 cm³/mol. The summed E-state index contributed by atoms with van der Waals surface area (Å²) in [7, 11) is 0. The van der Waals surface area contributed by atoms with Gasteiger partial charge in [-0.15, -0.1) is 0 Å². The molecule has 5 heteroatoms. The van der Waals surface area contributed by atoms with Crippen molar-refractivity contribution in [2.75, 3.05) is 0 Å². The van der Waals surface area contributed by atoms with E-state index in [2.05, 4.69) is 21.0 Å². The summed E-state index contributed by atoms with van der Waals surface area (Å²) < 4.78 is 5.87. The lowest BCUT2D eigenvalue weighted by atomic mass is 9.87. The van der Waals surface area contributed by atoms with Crippen molar-refractivity contribution in [1.82, 2.24) is 15.0 Å². The molecule has 3 aromatic rings. The van der Waals surface area contributed by atoms with Crippen LogP contribution in [0.2, 0.25) is 0 Å². The Labute approximate surface area is 133 Å². The fourth-order valence-electron chi connectivity index (χ4n) is 2.97. The zero-order valence-electron chi connectivity index (χ0n) is 12.4. The number of nitrogens with zero attached hydrogens (tertiary/aromatic N) is 4. The number of aryl methyl sites for hydroxylation is 1. The third kappa shape index (κ3) is 2.59. The van der Waals surface area contributed by atoms with E-state index in [4.69, 9.17) is 9.68 Å². The van der Waals surface area contributed by atoms with Crippen molar-refractivity contribution in [1.29, 1.82) is 5.26 Å². The van der Waals surface area contributed by atoms with Gasteiger partial charge in [0.05, 0.1) is 5.69 Å². The molecule has 5 nitrogen and oxygen atoms in total. The van der Waals surface area contributed by atoms with Gasteiger partial charge in [-0.1, -0.05) is 12.1 Å². The molecule has 0 spiro atoms. The maximum atomic E-state index is 9.00. The summed E-state index contributed by atoms with van der Waals surface area (Å²) in [6, 6.07) is 13.4. The Bertz CT molecular complexity index is 880. The molecule has 23 heavy (non-hydrogen) atoms. The van der Waals surface area contributed by atoms with E-state index < -0.39 is 0 Å². The molecule has 1 aliphatic rings. The molecule has 3 heterocycles. The number of hydrogen-bond acceptors (Lipinski definition) is 5. The van der Waals surface area contributed by atoms with E-state index in [-0.39, 0.29) is 5.92 Å². The van der Waals surface area contributed by atoms with Crippen LogP contribution >= 0.6 is 0 Å². The third-order valence-corrected chi connectivity index (χ3v) is 4.13. The highest BCUT2D eigenvalue weighted by molar-refractivity contribution is 5.47. The molecule has 4 rings (SSSR count). The first-order valence-corrected chi connectivity index (χ1v) is 7.60. The first-order valence-electron chi connectivity index (χ1n) is 7.60. The molecule has 0 aromatic carbocycles. The summed E-state index contributed by atoms with van der Waals surface area (Å²) in [5, 5.41) is 9.00. The lowest BCUT2D eigenvalue weighted by Crippen LogP contribution is -2.13. The van der Waals surface area contributed by atoms with E-state index in [0.717, 1.165) is 42.1 Å². The van der Waals surface area contributed by atoms with E-state index in [1.807, 2.05) is 30.3 Å². The van der Waals surface area contributed by atoms with Gasteiger partial charge < -0.3 is 4.42 Å². The molecule has 112 valence electrons. The van der Waals surface area contributed by atoms with E-state index >= 15 is 0 Å². The van der Waals surface area contributed by atoms with Gasteiger partial charge in [-0.05, 0) is 30.7 Å². The van der Waals surface area contributed by atoms with Gasteiger partial charge in [-0.2, -0.15) is 5.26 Å². The molecule has 0 N–H and O–H groups in total. The minimum absolute atomic E-state index is 0.275. The van der Waals surface area contributed by atoms with Crippen LogP contribution in [0.15, 0.2) is 47.0 Å². The second-order valence-electron chi connectivity index (χ2n) is 5.60. The van der Waals surface area contributed by atoms with Crippen molar-refractivity contribution in [3.05, 3.63) is 65.4 Å². The minimum Gasteiger partial charge on any atom is -0.440 e. The molecule has 0 fully saturated rings. The Morgan fingerprint density at radius 3 is 2.91 bits per heavy atom. The molecule has 0 amide bonds. The maximum absolute atomic E-state index is 9.00. The predicted octanol–water partition coefficient (Wildman–Crippen LogP) is 3.28. The Morgan fingerprint density at radius 1 is 1.13 bits per heavy atom. The number of rotatable bonds is 2. The van der Waals surface area contributed by atoms with Gasteiger partial charge in [0.1, 0.15) is 23.2 Å². The molecular formula is C18H14N4O. The van der Waals surface area contributed by atoms with Gasteiger partial charge in [0.2, 0.25) is 5.89 Å². The first kappa shape index (κ1) is 13.6. The standard InChI is InChI=1S/C18H14N4O/c19-11-13-4-3-6-14(21-13)12-7-8-17-16(10-12)22-18(23-17)15-5-1-2-9-20-15/h1-6,9,12H,7-8,10H2. The minimum atomic E-state index is 0.275. The maximum Gasteiger partial charge on any atom is 0.245 e. The molecule has 0 bridgehead atoms. The molecule has 0 radical (unpaired) electrons. The van der Waals surface area contributed by atoms with Crippen molar-refractivity contribution in [2.45, 2.75) is 25.2 Å². The second-order valence-corrected chi connectivity index (χ2v) is 5.60. The SMILES string of the molecule is N#Cc1cccc(C2CCc3oc(-c4ccccn4)nc3C2)n1. The molecular weight excluding hydrogens is 288 g/mol. The molecule has 0 saturated carbocycles. The first-order chi connectivity index (χ1) is 11.3. The number of aromatic nitrogens is 3. The van der Waals surface area contributed by atoms with E-state index in [0.29, 0.717) is 11.6 Å². The van der Waals surface area contributed by atoms with Crippen molar-refractivity contribution in [3.8, 4) is 17.7 Å². The summed E-state index contributed by atoms with van der Waals surface area (Å²) in [6.45, 7) is 0. The van der Waals surface area contributed by atoms with E-state index in [1.54, 1.807) is 12.3 Å². The average Bonchev–Trinajstić information content (AvgIpc) is 3.06. The van der Waals surface area contributed by atoms with E-state index in [1.165, 1.54) is 0 Å². The zero-order valence-corrected chi connectivity index (χ0v) is 12.4. The molecule has 0 aliphatic heterocycles. The fourth-order valence-corrected chi connectivity index (χ4v) is 2.97. The van der Waals surface area contributed by atoms with Crippen LogP contribution in [-0.2, 0) is 12.8 Å². The topological polar surface area (TPSA) is 75.6 Å². The van der Waals surface area contributed by atoms with Crippen LogP contribution in [0.3, 0.4) is 0 Å². The molecule has 3 aromatic heterocycles. The Hall–Kier alpha value is -3.00. The lowest BCUT2D eigenvalue weighted by molar-refractivity contribution is 0.460. The monoisotopic (exact) mass is 302 g/mol. The highest BCUT2D eigenvalue weighted by Crippen LogP contribution is 2.33. The summed E-state index contributed by atoms with van der Waals surface area (Å²) in [4.78, 5) is 13.3. The summed E-state index contributed by atoms with van der Waals surface area (Å²) in [6.07, 6.45) is 4.30. The number of hydrogen-bond donors (Lipinski definition) is 0. The van der Waals surface area contributed by atoms with Gasteiger partial charge in [0.25, 0.3) is 0 Å². The van der Waals surface area contributed by atoms with Crippen LogP contribution in [0, 0.1) is 11.3 Å². The number of oxazole rings is 1. The average molecular weight is 302 g/mol. The number of pyridine rings is 2. The van der Waals surface area contributed by atoms with Gasteiger partial charge in [0.15, 0.2) is 0 Å². The summed E-state index contributed by atoms with van der Waals surface area (Å²) in [5.74, 6) is 1.80. The summed E-state index contributed by atoms with van der Waals surface area (Å²) in [5.41, 5.74) is 3.15. The Balaban J connectivity index is 1.62. The Kier molecular flexibility index (Phi) is 3.35. The molecule has 1 aliphatic carbocycles. The Morgan fingerprint density at radius 2 is 2.09 bits per heavy atom. The number of nitriles is 1. The van der Waals surface area contributed by atoms with Crippen LogP contribution in [0.5, 0.6) is 0 Å². The molecule has 1 atom stereocenters. The van der Waals surface area contributed by atoms with Crippen LogP contribution in [0.4, 0.5) is 0 Å². The highest BCUT2D eigenvalue weighted by Gasteiger charge is 2.26. The highest BCUT2D eigenvalue weighted by atomic mass is 16.4. The quantitative estimate of drug-likeness (QED) is 0.726. The van der Waals surface area contributed by atoms with Crippen LogP contribution in [-0.4, -0.2) is 15.0 Å². The van der Waals surface area contributed by atoms with Crippen LogP contribution < -0.4 is 0 Å². The lowest BCUT2D eigenvalue weighted by Gasteiger charge is -2.19. The third-order valence-electron chi connectivity index (χ3n) is 4.13. The molecule has 0 saturated heterocycles. The van der Waals surface area contributed by atoms with Gasteiger partial charge in [-0.3, -0.25) is 4.98 Å². The van der Waals surface area contributed by atoms with Crippen molar-refractivity contribution in [3.63, 3.8) is 0 Å². The fraction of sp³-hybridized carbons (Fsp3) is 0.222. The smallest absolute Gasteiger partial charge is 0.245 e. The van der Waals surface area contributed by atoms with Crippen molar-refractivity contribution in [2.24, 2.45) is 0 Å². The van der Waals surface area contributed by atoms with Crippen LogP contribution in [0.25, 0.3) is 11.6 Å². The largest absolute Gasteiger partial charge is 0.440 e. The normalized spacial score (nSPS) is 16.6. The molecule has 1 unspecified atom stereocenters. The summed E-state index contributed by atoms with van der Waals surface area (Å²) >= 11 is 0. The van der Waals surface area contributed by atoms with Crippen molar-refractivity contribution >= 4 is 0 Å².